The van der Waals surface area contributed by atoms with E-state index in [1.807, 2.05) is 18.3 Å². The largest absolute Gasteiger partial charge is 0.370 e. The summed E-state index contributed by atoms with van der Waals surface area (Å²) in [6, 6.07) is 3.95. The third-order valence-corrected chi connectivity index (χ3v) is 5.48. The van der Waals surface area contributed by atoms with Gasteiger partial charge in [-0.2, -0.15) is 4.31 Å². The van der Waals surface area contributed by atoms with Crippen LogP contribution in [0.1, 0.15) is 12.8 Å². The summed E-state index contributed by atoms with van der Waals surface area (Å²) in [6.45, 7) is 3.03. The first-order chi connectivity index (χ1) is 9.99. The lowest BCUT2D eigenvalue weighted by Gasteiger charge is -2.47. The van der Waals surface area contributed by atoms with Crippen molar-refractivity contribution in [3.63, 3.8) is 0 Å². The molecule has 2 aliphatic rings. The fraction of sp³-hybridized carbons (Fsp3) is 0.643. The second-order valence-corrected chi connectivity index (χ2v) is 7.85. The van der Waals surface area contributed by atoms with Gasteiger partial charge >= 0.3 is 0 Å². The Balaban J connectivity index is 1.78. The number of ether oxygens (including phenoxy) is 1. The maximum absolute atomic E-state index is 11.8. The van der Waals surface area contributed by atoms with Crippen LogP contribution in [0, 0.1) is 0 Å². The van der Waals surface area contributed by atoms with E-state index >= 15 is 0 Å². The molecule has 1 aromatic rings. The monoisotopic (exact) mass is 311 g/mol. The van der Waals surface area contributed by atoms with Gasteiger partial charge in [-0.1, -0.05) is 0 Å². The van der Waals surface area contributed by atoms with E-state index in [1.165, 1.54) is 6.26 Å². The predicted molar refractivity (Wildman–Crippen MR) is 80.8 cm³/mol. The van der Waals surface area contributed by atoms with Gasteiger partial charge in [0, 0.05) is 32.4 Å². The van der Waals surface area contributed by atoms with Gasteiger partial charge in [-0.05, 0) is 25.0 Å². The molecular formula is C14H21N3O3S. The Hall–Kier alpha value is -1.18. The Bertz CT molecular complexity index is 589. The Labute approximate surface area is 125 Å². The van der Waals surface area contributed by atoms with Crippen molar-refractivity contribution in [3.8, 4) is 0 Å². The van der Waals surface area contributed by atoms with Crippen molar-refractivity contribution in [1.29, 1.82) is 0 Å². The molecule has 1 atom stereocenters. The molecule has 2 aliphatic heterocycles. The summed E-state index contributed by atoms with van der Waals surface area (Å²) in [6.07, 6.45) is 6.76. The Morgan fingerprint density at radius 1 is 1.33 bits per heavy atom. The van der Waals surface area contributed by atoms with Crippen LogP contribution in [0.15, 0.2) is 24.5 Å². The molecule has 3 rings (SSSR count). The van der Waals surface area contributed by atoms with E-state index < -0.39 is 15.6 Å². The van der Waals surface area contributed by atoms with Gasteiger partial charge in [0.1, 0.15) is 0 Å². The van der Waals surface area contributed by atoms with Crippen LogP contribution in [0.25, 0.3) is 0 Å². The van der Waals surface area contributed by atoms with Gasteiger partial charge in [-0.3, -0.25) is 4.98 Å². The number of hydrogen-bond donors (Lipinski definition) is 0. The van der Waals surface area contributed by atoms with Crippen LogP contribution < -0.4 is 4.90 Å². The zero-order chi connectivity index (χ0) is 14.9. The molecule has 6 nitrogen and oxygen atoms in total. The number of aromatic nitrogens is 1. The molecule has 116 valence electrons. The average molecular weight is 311 g/mol. The molecule has 0 bridgehead atoms. The van der Waals surface area contributed by atoms with E-state index in [2.05, 4.69) is 9.88 Å². The van der Waals surface area contributed by atoms with Crippen LogP contribution in [-0.2, 0) is 14.8 Å². The topological polar surface area (TPSA) is 62.7 Å². The van der Waals surface area contributed by atoms with Gasteiger partial charge < -0.3 is 9.64 Å². The van der Waals surface area contributed by atoms with Crippen LogP contribution in [0.5, 0.6) is 0 Å². The number of piperidine rings is 1. The van der Waals surface area contributed by atoms with Crippen molar-refractivity contribution in [1.82, 2.24) is 9.29 Å². The van der Waals surface area contributed by atoms with Gasteiger partial charge in [0.2, 0.25) is 10.0 Å². The second-order valence-electron chi connectivity index (χ2n) is 5.86. The molecule has 0 saturated carbocycles. The van der Waals surface area contributed by atoms with Gasteiger partial charge in [0.15, 0.2) is 0 Å². The number of morpholine rings is 1. The summed E-state index contributed by atoms with van der Waals surface area (Å²) in [5.41, 5.74) is 0.673. The lowest BCUT2D eigenvalue weighted by atomic mass is 9.91. The van der Waals surface area contributed by atoms with Crippen LogP contribution in [0.2, 0.25) is 0 Å². The number of pyridine rings is 1. The van der Waals surface area contributed by atoms with E-state index in [0.717, 1.165) is 25.1 Å². The lowest BCUT2D eigenvalue weighted by molar-refractivity contribution is -0.0948. The van der Waals surface area contributed by atoms with Gasteiger partial charge in [-0.15, -0.1) is 0 Å². The summed E-state index contributed by atoms with van der Waals surface area (Å²) in [5, 5.41) is 0. The van der Waals surface area contributed by atoms with Gasteiger partial charge in [-0.25, -0.2) is 8.42 Å². The zero-order valence-corrected chi connectivity index (χ0v) is 13.1. The summed E-state index contributed by atoms with van der Waals surface area (Å²) < 4.78 is 31.2. The third kappa shape index (κ3) is 3.20. The molecule has 0 amide bonds. The van der Waals surface area contributed by atoms with Crippen LogP contribution >= 0.6 is 0 Å². The van der Waals surface area contributed by atoms with E-state index in [-0.39, 0.29) is 0 Å². The van der Waals surface area contributed by atoms with Crippen molar-refractivity contribution in [2.24, 2.45) is 0 Å². The van der Waals surface area contributed by atoms with Crippen molar-refractivity contribution in [3.05, 3.63) is 24.5 Å². The predicted octanol–water partition coefficient (Wildman–Crippen LogP) is 0.712. The van der Waals surface area contributed by atoms with Crippen LogP contribution in [0.4, 0.5) is 5.69 Å². The third-order valence-electron chi connectivity index (χ3n) is 4.23. The highest BCUT2D eigenvalue weighted by atomic mass is 32.2. The standard InChI is InChI=1S/C14H21N3O3S/c1-21(18,19)17-8-9-20-14(12-17)5-3-7-16(11-14)13-4-2-6-15-10-13/h2,4,6,10H,3,5,7-9,11-12H2,1H3. The molecule has 21 heavy (non-hydrogen) atoms. The zero-order valence-electron chi connectivity index (χ0n) is 12.2. The first-order valence-corrected chi connectivity index (χ1v) is 9.07. The molecule has 1 aromatic heterocycles. The van der Waals surface area contributed by atoms with Crippen molar-refractivity contribution in [2.45, 2.75) is 18.4 Å². The highest BCUT2D eigenvalue weighted by Gasteiger charge is 2.42. The maximum atomic E-state index is 11.8. The Kier molecular flexibility index (Phi) is 3.90. The van der Waals surface area contributed by atoms with Crippen LogP contribution in [0.3, 0.4) is 0 Å². The van der Waals surface area contributed by atoms with E-state index in [4.69, 9.17) is 4.74 Å². The number of nitrogens with zero attached hydrogens (tertiary/aromatic N) is 3. The number of hydrogen-bond acceptors (Lipinski definition) is 5. The maximum Gasteiger partial charge on any atom is 0.211 e. The fourth-order valence-electron chi connectivity index (χ4n) is 3.20. The highest BCUT2D eigenvalue weighted by molar-refractivity contribution is 7.88. The van der Waals surface area contributed by atoms with E-state index in [0.29, 0.717) is 26.2 Å². The molecule has 1 spiro atoms. The molecule has 2 fully saturated rings. The summed E-state index contributed by atoms with van der Waals surface area (Å²) in [5.74, 6) is 0. The van der Waals surface area contributed by atoms with Crippen LogP contribution in [-0.4, -0.2) is 62.3 Å². The van der Waals surface area contributed by atoms with E-state index in [1.54, 1.807) is 10.5 Å². The van der Waals surface area contributed by atoms with Gasteiger partial charge in [0.25, 0.3) is 0 Å². The molecular weight excluding hydrogens is 290 g/mol. The average Bonchev–Trinajstić information content (AvgIpc) is 2.47. The fourth-order valence-corrected chi connectivity index (χ4v) is 4.08. The smallest absolute Gasteiger partial charge is 0.211 e. The number of rotatable bonds is 2. The van der Waals surface area contributed by atoms with Crippen molar-refractivity contribution >= 4 is 15.7 Å². The summed E-state index contributed by atoms with van der Waals surface area (Å²) in [4.78, 5) is 6.40. The quantitative estimate of drug-likeness (QED) is 0.805. The minimum Gasteiger partial charge on any atom is -0.370 e. The normalized spacial score (nSPS) is 28.0. The molecule has 0 aliphatic carbocycles. The molecule has 2 saturated heterocycles. The first kappa shape index (κ1) is 14.7. The minimum absolute atomic E-state index is 0.393. The second kappa shape index (κ2) is 5.55. The molecule has 7 heteroatoms. The molecule has 0 N–H and O–H groups in total. The molecule has 0 aromatic carbocycles. The highest BCUT2D eigenvalue weighted by Crippen LogP contribution is 2.32. The Morgan fingerprint density at radius 2 is 2.19 bits per heavy atom. The molecule has 3 heterocycles. The summed E-state index contributed by atoms with van der Waals surface area (Å²) >= 11 is 0. The number of sulfonamides is 1. The molecule has 0 radical (unpaired) electrons. The SMILES string of the molecule is CS(=O)(=O)N1CCOC2(CCCN(c3cccnc3)C2)C1. The lowest BCUT2D eigenvalue weighted by Crippen LogP contribution is -2.60. The van der Waals surface area contributed by atoms with Gasteiger partial charge in [0.05, 0.1) is 30.3 Å². The number of anilines is 1. The molecule has 1 unspecified atom stereocenters. The van der Waals surface area contributed by atoms with E-state index in [9.17, 15) is 8.42 Å². The Morgan fingerprint density at radius 3 is 2.90 bits per heavy atom. The first-order valence-electron chi connectivity index (χ1n) is 7.23. The van der Waals surface area contributed by atoms with Crippen molar-refractivity contribution in [2.75, 3.05) is 43.9 Å². The summed E-state index contributed by atoms with van der Waals surface area (Å²) in [7, 11) is -3.16. The minimum atomic E-state index is -3.16. The van der Waals surface area contributed by atoms with Crippen molar-refractivity contribution < 1.29 is 13.2 Å².